The van der Waals surface area contributed by atoms with E-state index >= 15 is 0 Å². The summed E-state index contributed by atoms with van der Waals surface area (Å²) in [5.74, 6) is 1.42. The molecule has 2 nitrogen and oxygen atoms in total. The molecule has 0 amide bonds. The van der Waals surface area contributed by atoms with Crippen LogP contribution in [0.15, 0.2) is 12.1 Å². The van der Waals surface area contributed by atoms with E-state index in [1.807, 2.05) is 19.1 Å². The van der Waals surface area contributed by atoms with Crippen molar-refractivity contribution >= 4 is 15.9 Å². The van der Waals surface area contributed by atoms with Crippen LogP contribution in [0.4, 0.5) is 0 Å². The second-order valence-corrected chi connectivity index (χ2v) is 6.43. The first-order valence-corrected chi connectivity index (χ1v) is 7.66. The van der Waals surface area contributed by atoms with Crippen LogP contribution in [0.5, 0.6) is 5.75 Å². The number of aryl methyl sites for hydroxylation is 2. The molecule has 0 bridgehead atoms. The van der Waals surface area contributed by atoms with Crippen molar-refractivity contribution in [3.63, 3.8) is 0 Å². The molecule has 1 rings (SSSR count). The Bertz CT molecular complexity index is 385. The fraction of sp³-hybridized carbons (Fsp3) is 0.667. The maximum Gasteiger partial charge on any atom is 0.140 e. The van der Waals surface area contributed by atoms with Crippen LogP contribution < -0.4 is 4.74 Å². The zero-order valence-electron chi connectivity index (χ0n) is 12.1. The fourth-order valence-electron chi connectivity index (χ4n) is 1.70. The van der Waals surface area contributed by atoms with Gasteiger partial charge in [0.05, 0.1) is 12.3 Å². The third kappa shape index (κ3) is 4.27. The normalized spacial score (nSPS) is 13.4. The summed E-state index contributed by atoms with van der Waals surface area (Å²) < 4.78 is 5.97. The molecule has 0 aliphatic rings. The van der Waals surface area contributed by atoms with Crippen molar-refractivity contribution in [3.8, 4) is 5.75 Å². The minimum absolute atomic E-state index is 0.244. The minimum atomic E-state index is 0.244. The molecule has 0 radical (unpaired) electrons. The van der Waals surface area contributed by atoms with Crippen LogP contribution >= 0.6 is 15.9 Å². The highest BCUT2D eigenvalue weighted by Crippen LogP contribution is 2.29. The van der Waals surface area contributed by atoms with Gasteiger partial charge in [0.2, 0.25) is 0 Å². The summed E-state index contributed by atoms with van der Waals surface area (Å²) in [7, 11) is 0. The van der Waals surface area contributed by atoms with Gasteiger partial charge in [-0.3, -0.25) is 4.98 Å². The number of nitrogens with zero attached hydrogens (tertiary/aromatic N) is 1. The van der Waals surface area contributed by atoms with Gasteiger partial charge in [-0.05, 0) is 30.9 Å². The molecular weight excluding hydrogens is 290 g/mol. The Morgan fingerprint density at radius 2 is 2.00 bits per heavy atom. The summed E-state index contributed by atoms with van der Waals surface area (Å²) in [6, 6.07) is 4.05. The van der Waals surface area contributed by atoms with E-state index in [2.05, 4.69) is 48.6 Å². The second kappa shape index (κ2) is 6.55. The van der Waals surface area contributed by atoms with E-state index in [0.717, 1.165) is 35.5 Å². The molecule has 0 spiro atoms. The quantitative estimate of drug-likeness (QED) is 0.752. The van der Waals surface area contributed by atoms with Gasteiger partial charge in [-0.15, -0.1) is 0 Å². The lowest BCUT2D eigenvalue weighted by Gasteiger charge is -2.29. The fourth-order valence-corrected chi connectivity index (χ4v) is 2.86. The Kier molecular flexibility index (Phi) is 5.64. The first-order valence-electron chi connectivity index (χ1n) is 6.53. The molecule has 0 fully saturated rings. The van der Waals surface area contributed by atoms with E-state index in [9.17, 15) is 0 Å². The SMILES string of the molecule is CCc1nc(C)ccc1OCC(CBr)C(C)(C)C. The van der Waals surface area contributed by atoms with Gasteiger partial charge in [-0.2, -0.15) is 0 Å². The second-order valence-electron chi connectivity index (χ2n) is 5.78. The van der Waals surface area contributed by atoms with Crippen LogP contribution in [0.1, 0.15) is 39.1 Å². The standard InChI is InChI=1S/C15H24BrNO/c1-6-13-14(8-7-11(2)17-13)18-10-12(9-16)15(3,4)5/h7-8,12H,6,9-10H2,1-5H3. The van der Waals surface area contributed by atoms with Crippen LogP contribution in [0.25, 0.3) is 0 Å². The molecule has 102 valence electrons. The van der Waals surface area contributed by atoms with E-state index in [4.69, 9.17) is 4.74 Å². The summed E-state index contributed by atoms with van der Waals surface area (Å²) in [5.41, 5.74) is 2.35. The Balaban J connectivity index is 2.73. The number of alkyl halides is 1. The molecule has 1 aromatic rings. The largest absolute Gasteiger partial charge is 0.491 e. The summed E-state index contributed by atoms with van der Waals surface area (Å²) >= 11 is 3.58. The highest BCUT2D eigenvalue weighted by atomic mass is 79.9. The molecule has 18 heavy (non-hydrogen) atoms. The molecule has 0 aliphatic heterocycles. The summed E-state index contributed by atoms with van der Waals surface area (Å²) in [6.07, 6.45) is 0.908. The number of rotatable bonds is 5. The van der Waals surface area contributed by atoms with Crippen molar-refractivity contribution in [3.05, 3.63) is 23.5 Å². The monoisotopic (exact) mass is 313 g/mol. The van der Waals surface area contributed by atoms with E-state index in [-0.39, 0.29) is 5.41 Å². The summed E-state index contributed by atoms with van der Waals surface area (Å²) in [5, 5.41) is 0.956. The Hall–Kier alpha value is -0.570. The molecule has 0 aromatic carbocycles. The van der Waals surface area contributed by atoms with Crippen molar-refractivity contribution in [2.75, 3.05) is 11.9 Å². The lowest BCUT2D eigenvalue weighted by molar-refractivity contribution is 0.164. The molecule has 1 atom stereocenters. The van der Waals surface area contributed by atoms with Crippen molar-refractivity contribution < 1.29 is 4.74 Å². The van der Waals surface area contributed by atoms with E-state index in [0.29, 0.717) is 5.92 Å². The van der Waals surface area contributed by atoms with E-state index < -0.39 is 0 Å². The van der Waals surface area contributed by atoms with Gasteiger partial charge >= 0.3 is 0 Å². The summed E-state index contributed by atoms with van der Waals surface area (Å²) in [6.45, 7) is 11.6. The van der Waals surface area contributed by atoms with Gasteiger partial charge in [0.15, 0.2) is 0 Å². The molecule has 3 heteroatoms. The van der Waals surface area contributed by atoms with E-state index in [1.54, 1.807) is 0 Å². The van der Waals surface area contributed by atoms with Crippen LogP contribution in [-0.2, 0) is 6.42 Å². The highest BCUT2D eigenvalue weighted by Gasteiger charge is 2.24. The van der Waals surface area contributed by atoms with E-state index in [1.165, 1.54) is 0 Å². The first kappa shape index (κ1) is 15.5. The molecule has 0 N–H and O–H groups in total. The zero-order chi connectivity index (χ0) is 13.8. The molecule has 0 aliphatic carbocycles. The van der Waals surface area contributed by atoms with Gasteiger partial charge in [0, 0.05) is 16.9 Å². The van der Waals surface area contributed by atoms with Crippen LogP contribution in [0.2, 0.25) is 0 Å². The third-order valence-corrected chi connectivity index (χ3v) is 4.04. The number of aromatic nitrogens is 1. The van der Waals surface area contributed by atoms with Crippen molar-refractivity contribution in [1.82, 2.24) is 4.98 Å². The van der Waals surface area contributed by atoms with Gasteiger partial charge in [-0.25, -0.2) is 0 Å². The predicted octanol–water partition coefficient (Wildman–Crippen LogP) is 4.39. The van der Waals surface area contributed by atoms with Crippen molar-refractivity contribution in [2.45, 2.75) is 41.0 Å². The maximum atomic E-state index is 5.97. The van der Waals surface area contributed by atoms with Crippen molar-refractivity contribution in [2.24, 2.45) is 11.3 Å². The van der Waals surface area contributed by atoms with Gasteiger partial charge in [-0.1, -0.05) is 43.6 Å². The maximum absolute atomic E-state index is 5.97. The van der Waals surface area contributed by atoms with Gasteiger partial charge in [0.1, 0.15) is 5.75 Å². The molecule has 0 saturated heterocycles. The average Bonchev–Trinajstić information content (AvgIpc) is 2.29. The molecule has 1 unspecified atom stereocenters. The Labute approximate surface area is 119 Å². The third-order valence-electron chi connectivity index (χ3n) is 3.26. The highest BCUT2D eigenvalue weighted by molar-refractivity contribution is 9.09. The number of hydrogen-bond donors (Lipinski definition) is 0. The summed E-state index contributed by atoms with van der Waals surface area (Å²) in [4.78, 5) is 4.52. The van der Waals surface area contributed by atoms with Crippen LogP contribution in [-0.4, -0.2) is 16.9 Å². The number of pyridine rings is 1. The molecule has 1 aromatic heterocycles. The first-order chi connectivity index (χ1) is 8.38. The Morgan fingerprint density at radius 3 is 2.50 bits per heavy atom. The average molecular weight is 314 g/mol. The number of halogens is 1. The van der Waals surface area contributed by atoms with Crippen molar-refractivity contribution in [1.29, 1.82) is 0 Å². The predicted molar refractivity (Wildman–Crippen MR) is 80.6 cm³/mol. The van der Waals surface area contributed by atoms with Crippen LogP contribution in [0, 0.1) is 18.3 Å². The Morgan fingerprint density at radius 1 is 1.33 bits per heavy atom. The number of ether oxygens (including phenoxy) is 1. The number of hydrogen-bond acceptors (Lipinski definition) is 2. The molecule has 0 saturated carbocycles. The molecule has 1 heterocycles. The van der Waals surface area contributed by atoms with Gasteiger partial charge in [0.25, 0.3) is 0 Å². The minimum Gasteiger partial charge on any atom is -0.491 e. The lowest BCUT2D eigenvalue weighted by Crippen LogP contribution is -2.28. The van der Waals surface area contributed by atoms with Gasteiger partial charge < -0.3 is 4.74 Å². The topological polar surface area (TPSA) is 22.1 Å². The lowest BCUT2D eigenvalue weighted by atomic mass is 9.83. The van der Waals surface area contributed by atoms with Crippen LogP contribution in [0.3, 0.4) is 0 Å². The molecular formula is C15H24BrNO. The zero-order valence-corrected chi connectivity index (χ0v) is 13.7. The smallest absolute Gasteiger partial charge is 0.140 e.